The molecule has 0 aliphatic heterocycles. The van der Waals surface area contributed by atoms with Crippen LogP contribution in [0.25, 0.3) is 0 Å². The molecule has 0 saturated heterocycles. The topological polar surface area (TPSA) is 53.9 Å². The van der Waals surface area contributed by atoms with Gasteiger partial charge in [-0.2, -0.15) is 0 Å². The molecule has 1 aromatic carbocycles. The zero-order valence-corrected chi connectivity index (χ0v) is 15.5. The molecule has 0 saturated carbocycles. The van der Waals surface area contributed by atoms with Crippen LogP contribution in [-0.4, -0.2) is 44.1 Å². The van der Waals surface area contributed by atoms with Crippen molar-refractivity contribution in [3.05, 3.63) is 35.6 Å². The second kappa shape index (κ2) is 11.2. The fraction of sp³-hybridized carbons (Fsp3) is 0.467. The molecule has 0 heterocycles. The molecule has 0 amide bonds. The second-order valence-corrected chi connectivity index (χ2v) is 4.54. The molecule has 0 bridgehead atoms. The monoisotopic (exact) mass is 423 g/mol. The van der Waals surface area contributed by atoms with Crippen LogP contribution in [0, 0.1) is 5.82 Å². The van der Waals surface area contributed by atoms with Gasteiger partial charge in [0.2, 0.25) is 0 Å². The molecular formula is C15H23FIN3O2. The van der Waals surface area contributed by atoms with Gasteiger partial charge in [-0.15, -0.1) is 24.0 Å². The Hall–Kier alpha value is -1.38. The van der Waals surface area contributed by atoms with Crippen LogP contribution < -0.4 is 5.32 Å². The van der Waals surface area contributed by atoms with Crippen molar-refractivity contribution in [2.75, 3.05) is 27.2 Å². The van der Waals surface area contributed by atoms with Gasteiger partial charge in [0, 0.05) is 20.1 Å². The van der Waals surface area contributed by atoms with Crippen LogP contribution in [0.15, 0.2) is 29.3 Å². The highest BCUT2D eigenvalue weighted by molar-refractivity contribution is 14.0. The van der Waals surface area contributed by atoms with Crippen LogP contribution in [0.1, 0.15) is 18.9 Å². The number of hydrogen-bond donors (Lipinski definition) is 1. The fourth-order valence-electron chi connectivity index (χ4n) is 1.76. The van der Waals surface area contributed by atoms with Gasteiger partial charge in [0.1, 0.15) is 5.82 Å². The molecule has 0 fully saturated rings. The average molecular weight is 423 g/mol. The Kier molecular flexibility index (Phi) is 10.5. The fourth-order valence-corrected chi connectivity index (χ4v) is 1.76. The van der Waals surface area contributed by atoms with E-state index in [1.807, 2.05) is 18.9 Å². The first-order valence-electron chi connectivity index (χ1n) is 6.87. The molecule has 0 unspecified atom stereocenters. The predicted molar refractivity (Wildman–Crippen MR) is 95.9 cm³/mol. The largest absolute Gasteiger partial charge is 0.469 e. The van der Waals surface area contributed by atoms with Crippen LogP contribution in [0.4, 0.5) is 4.39 Å². The number of rotatable bonds is 6. The maximum atomic E-state index is 12.9. The van der Waals surface area contributed by atoms with E-state index in [-0.39, 0.29) is 42.2 Å². The van der Waals surface area contributed by atoms with E-state index in [1.165, 1.54) is 19.2 Å². The molecule has 22 heavy (non-hydrogen) atoms. The summed E-state index contributed by atoms with van der Waals surface area (Å²) in [6.07, 6.45) is 0.246. The number of methoxy groups -OCH3 is 1. The number of halogens is 2. The normalized spacial score (nSPS) is 10.6. The summed E-state index contributed by atoms with van der Waals surface area (Å²) in [6.45, 7) is 3.67. The van der Waals surface area contributed by atoms with Crippen molar-refractivity contribution in [3.8, 4) is 0 Å². The molecule has 0 spiro atoms. The quantitative estimate of drug-likeness (QED) is 0.331. The Bertz CT molecular complexity index is 480. The number of guanidine groups is 1. The minimum atomic E-state index is -0.282. The predicted octanol–water partition coefficient (Wildman–Crippen LogP) is 2.40. The summed E-state index contributed by atoms with van der Waals surface area (Å²) in [4.78, 5) is 17.4. The van der Waals surface area contributed by atoms with Gasteiger partial charge < -0.3 is 15.0 Å². The molecular weight excluding hydrogens is 400 g/mol. The molecule has 0 aromatic heterocycles. The molecule has 1 aromatic rings. The number of aliphatic imine (C=N–C) groups is 1. The lowest BCUT2D eigenvalue weighted by molar-refractivity contribution is -0.140. The van der Waals surface area contributed by atoms with E-state index in [0.717, 1.165) is 12.1 Å². The van der Waals surface area contributed by atoms with Gasteiger partial charge in [0.25, 0.3) is 0 Å². The molecule has 0 atom stereocenters. The Morgan fingerprint density at radius 3 is 2.55 bits per heavy atom. The van der Waals surface area contributed by atoms with E-state index >= 15 is 0 Å². The van der Waals surface area contributed by atoms with Crippen LogP contribution in [0.3, 0.4) is 0 Å². The summed E-state index contributed by atoms with van der Waals surface area (Å²) in [5.74, 6) is 0.168. The Morgan fingerprint density at radius 1 is 1.36 bits per heavy atom. The molecule has 0 radical (unpaired) electrons. The van der Waals surface area contributed by atoms with Gasteiger partial charge in [0.15, 0.2) is 5.96 Å². The lowest BCUT2D eigenvalue weighted by Crippen LogP contribution is -2.38. The van der Waals surface area contributed by atoms with Crippen LogP contribution in [-0.2, 0) is 16.1 Å². The smallest absolute Gasteiger partial charge is 0.307 e. The number of nitrogens with zero attached hydrogens (tertiary/aromatic N) is 2. The summed E-state index contributed by atoms with van der Waals surface area (Å²) in [5, 5.41) is 3.16. The van der Waals surface area contributed by atoms with Crippen molar-refractivity contribution in [2.24, 2.45) is 4.99 Å². The third-order valence-corrected chi connectivity index (χ3v) is 2.83. The standard InChI is InChI=1S/C15H22FN3O2.HI/c1-4-17-15(18-10-9-14(20)21-3)19(2)11-12-5-7-13(16)8-6-12;/h5-8H,4,9-11H2,1-3H3,(H,17,18);1H. The maximum Gasteiger partial charge on any atom is 0.307 e. The minimum absolute atomic E-state index is 0. The van der Waals surface area contributed by atoms with Gasteiger partial charge in [-0.3, -0.25) is 9.79 Å². The third-order valence-electron chi connectivity index (χ3n) is 2.83. The molecule has 124 valence electrons. The summed E-state index contributed by atoms with van der Waals surface area (Å²) in [5.41, 5.74) is 0.984. The van der Waals surface area contributed by atoms with Crippen molar-refractivity contribution in [1.82, 2.24) is 10.2 Å². The van der Waals surface area contributed by atoms with E-state index in [2.05, 4.69) is 15.0 Å². The van der Waals surface area contributed by atoms with Crippen molar-refractivity contribution >= 4 is 35.9 Å². The number of ether oxygens (including phenoxy) is 1. The Balaban J connectivity index is 0.00000441. The van der Waals surface area contributed by atoms with Crippen LogP contribution >= 0.6 is 24.0 Å². The summed E-state index contributed by atoms with van der Waals surface area (Å²) in [7, 11) is 3.25. The van der Waals surface area contributed by atoms with E-state index in [9.17, 15) is 9.18 Å². The van der Waals surface area contributed by atoms with E-state index in [4.69, 9.17) is 0 Å². The highest BCUT2D eigenvalue weighted by Crippen LogP contribution is 2.05. The summed E-state index contributed by atoms with van der Waals surface area (Å²) in [6, 6.07) is 6.35. The van der Waals surface area contributed by atoms with Crippen molar-refractivity contribution in [1.29, 1.82) is 0 Å². The molecule has 0 aliphatic carbocycles. The number of nitrogens with one attached hydrogen (secondary N) is 1. The summed E-state index contributed by atoms with van der Waals surface area (Å²) >= 11 is 0. The Morgan fingerprint density at radius 2 is 2.00 bits per heavy atom. The number of esters is 1. The van der Waals surface area contributed by atoms with Crippen LogP contribution in [0.2, 0.25) is 0 Å². The van der Waals surface area contributed by atoms with Gasteiger partial charge in [-0.05, 0) is 24.6 Å². The lowest BCUT2D eigenvalue weighted by atomic mass is 10.2. The van der Waals surface area contributed by atoms with E-state index in [0.29, 0.717) is 19.0 Å². The maximum absolute atomic E-state index is 12.9. The molecule has 1 rings (SSSR count). The number of carbonyl (C=O) groups is 1. The lowest BCUT2D eigenvalue weighted by Gasteiger charge is -2.22. The van der Waals surface area contributed by atoms with Crippen molar-refractivity contribution < 1.29 is 13.9 Å². The SMILES string of the molecule is CCNC(=NCCC(=O)OC)N(C)Cc1ccc(F)cc1.I. The van der Waals surface area contributed by atoms with E-state index < -0.39 is 0 Å². The molecule has 5 nitrogen and oxygen atoms in total. The summed E-state index contributed by atoms with van der Waals surface area (Å²) < 4.78 is 17.5. The van der Waals surface area contributed by atoms with Crippen molar-refractivity contribution in [2.45, 2.75) is 19.9 Å². The van der Waals surface area contributed by atoms with Crippen LogP contribution in [0.5, 0.6) is 0 Å². The molecule has 7 heteroatoms. The molecule has 1 N–H and O–H groups in total. The van der Waals surface area contributed by atoms with Gasteiger partial charge in [-0.25, -0.2) is 4.39 Å². The first-order valence-corrected chi connectivity index (χ1v) is 6.87. The van der Waals surface area contributed by atoms with Gasteiger partial charge in [-0.1, -0.05) is 12.1 Å². The van der Waals surface area contributed by atoms with E-state index in [1.54, 1.807) is 12.1 Å². The number of benzene rings is 1. The number of carbonyl (C=O) groups excluding carboxylic acids is 1. The zero-order chi connectivity index (χ0) is 15.7. The zero-order valence-electron chi connectivity index (χ0n) is 13.1. The molecule has 0 aliphatic rings. The third kappa shape index (κ3) is 7.58. The minimum Gasteiger partial charge on any atom is -0.469 e. The number of hydrogen-bond acceptors (Lipinski definition) is 3. The Labute approximate surface area is 148 Å². The van der Waals surface area contributed by atoms with Crippen molar-refractivity contribution in [3.63, 3.8) is 0 Å². The average Bonchev–Trinajstić information content (AvgIpc) is 2.48. The highest BCUT2D eigenvalue weighted by Gasteiger charge is 2.07. The first-order chi connectivity index (χ1) is 10.1. The van der Waals surface area contributed by atoms with Gasteiger partial charge >= 0.3 is 5.97 Å². The highest BCUT2D eigenvalue weighted by atomic mass is 127. The first kappa shape index (κ1) is 20.6. The van der Waals surface area contributed by atoms with Gasteiger partial charge in [0.05, 0.1) is 20.1 Å². The second-order valence-electron chi connectivity index (χ2n) is 4.54.